The fraction of sp³-hybridized carbons (Fsp3) is 0.480. The normalized spacial score (nSPS) is 16.0. The molecule has 1 saturated heterocycles. The van der Waals surface area contributed by atoms with Gasteiger partial charge in [-0.1, -0.05) is 35.3 Å². The first-order chi connectivity index (χ1) is 16.7. The average molecular weight is 544 g/mol. The van der Waals surface area contributed by atoms with Gasteiger partial charge >= 0.3 is 0 Å². The topological polar surface area (TPSA) is 84.9 Å². The molecule has 0 spiro atoms. The monoisotopic (exact) mass is 542 g/mol. The summed E-state index contributed by atoms with van der Waals surface area (Å²) in [5.41, 5.74) is 1.30. The zero-order valence-corrected chi connectivity index (χ0v) is 22.5. The number of hydrogen-bond donors (Lipinski definition) is 1. The molecule has 35 heavy (non-hydrogen) atoms. The van der Waals surface area contributed by atoms with Gasteiger partial charge in [-0.25, -0.2) is 12.7 Å². The van der Waals surface area contributed by atoms with Crippen molar-refractivity contribution in [2.45, 2.75) is 45.4 Å². The van der Waals surface area contributed by atoms with Crippen LogP contribution in [0.1, 0.15) is 50.8 Å². The predicted molar refractivity (Wildman–Crippen MR) is 139 cm³/mol. The summed E-state index contributed by atoms with van der Waals surface area (Å²) in [6.45, 7) is 7.32. The molecule has 0 radical (unpaired) electrons. The van der Waals surface area contributed by atoms with Gasteiger partial charge in [0.2, 0.25) is 15.9 Å². The van der Waals surface area contributed by atoms with Gasteiger partial charge in [0, 0.05) is 34.6 Å². The summed E-state index contributed by atoms with van der Waals surface area (Å²) in [4.78, 5) is 12.9. The molecule has 2 aromatic carbocycles. The number of nitrogens with one attached hydrogen (secondary N) is 1. The van der Waals surface area contributed by atoms with Gasteiger partial charge in [0.05, 0.1) is 25.0 Å². The number of hydrogen-bond acceptors (Lipinski definition) is 5. The van der Waals surface area contributed by atoms with Crippen LogP contribution in [0.15, 0.2) is 36.4 Å². The molecule has 0 aromatic heterocycles. The summed E-state index contributed by atoms with van der Waals surface area (Å²) in [6.07, 6.45) is 0.892. The third-order valence-corrected chi connectivity index (χ3v) is 8.55. The second-order valence-electron chi connectivity index (χ2n) is 8.43. The van der Waals surface area contributed by atoms with Gasteiger partial charge in [-0.15, -0.1) is 0 Å². The average Bonchev–Trinajstić information content (AvgIpc) is 2.83. The van der Waals surface area contributed by atoms with E-state index in [-0.39, 0.29) is 36.7 Å². The van der Waals surface area contributed by atoms with E-state index in [2.05, 4.69) is 5.32 Å². The minimum absolute atomic E-state index is 0.0875. The van der Waals surface area contributed by atoms with Gasteiger partial charge < -0.3 is 14.8 Å². The molecule has 1 aliphatic heterocycles. The molecule has 10 heteroatoms. The Morgan fingerprint density at radius 1 is 1.06 bits per heavy atom. The molecule has 7 nitrogen and oxygen atoms in total. The van der Waals surface area contributed by atoms with Crippen molar-refractivity contribution in [2.24, 2.45) is 5.92 Å². The van der Waals surface area contributed by atoms with Gasteiger partial charge in [-0.05, 0) is 63.4 Å². The standard InChI is InChI=1S/C25H32Cl2N2O5S/c1-4-33-23-10-9-19(15-24(23)34-5-2)17(3)28-25(30)18-11-13-29(14-12-18)35(31,32)16-20-21(26)7-6-8-22(20)27/h6-10,15,17-18H,4-5,11-14,16H2,1-3H3,(H,28,30)/t17-/m0/s1. The van der Waals surface area contributed by atoms with Crippen LogP contribution in [0.5, 0.6) is 11.5 Å². The highest BCUT2D eigenvalue weighted by Gasteiger charge is 2.32. The van der Waals surface area contributed by atoms with Crippen molar-refractivity contribution in [3.8, 4) is 11.5 Å². The number of amides is 1. The number of piperidine rings is 1. The summed E-state index contributed by atoms with van der Waals surface area (Å²) in [5.74, 6) is 0.699. The summed E-state index contributed by atoms with van der Waals surface area (Å²) in [6, 6.07) is 10.3. The van der Waals surface area contributed by atoms with Crippen LogP contribution in [-0.2, 0) is 20.6 Å². The Balaban J connectivity index is 1.59. The number of sulfonamides is 1. The highest BCUT2D eigenvalue weighted by molar-refractivity contribution is 7.88. The van der Waals surface area contributed by atoms with Crippen molar-refractivity contribution in [1.82, 2.24) is 9.62 Å². The smallest absolute Gasteiger partial charge is 0.223 e. The fourth-order valence-corrected chi connectivity index (χ4v) is 6.41. The third kappa shape index (κ3) is 7.03. The Morgan fingerprint density at radius 2 is 1.66 bits per heavy atom. The van der Waals surface area contributed by atoms with Crippen molar-refractivity contribution in [1.29, 1.82) is 0 Å². The molecule has 1 heterocycles. The Bertz CT molecular complexity index is 1110. The van der Waals surface area contributed by atoms with Crippen molar-refractivity contribution in [3.05, 3.63) is 57.6 Å². The minimum Gasteiger partial charge on any atom is -0.490 e. The molecule has 1 N–H and O–H groups in total. The zero-order valence-electron chi connectivity index (χ0n) is 20.2. The van der Waals surface area contributed by atoms with Crippen LogP contribution in [0, 0.1) is 5.92 Å². The van der Waals surface area contributed by atoms with Crippen LogP contribution in [0.3, 0.4) is 0 Å². The van der Waals surface area contributed by atoms with Crippen LogP contribution >= 0.6 is 23.2 Å². The third-order valence-electron chi connectivity index (χ3n) is 6.03. The second-order valence-corrected chi connectivity index (χ2v) is 11.2. The predicted octanol–water partition coefficient (Wildman–Crippen LogP) is 5.21. The maximum absolute atomic E-state index is 12.9. The van der Waals surface area contributed by atoms with Gasteiger partial charge in [-0.2, -0.15) is 0 Å². The van der Waals surface area contributed by atoms with E-state index in [4.69, 9.17) is 32.7 Å². The van der Waals surface area contributed by atoms with Gasteiger partial charge in [0.1, 0.15) is 0 Å². The molecule has 1 amide bonds. The molecular formula is C25H32Cl2N2O5S. The quantitative estimate of drug-likeness (QED) is 0.445. The van der Waals surface area contributed by atoms with E-state index in [1.165, 1.54) is 4.31 Å². The Labute approximate surface area is 217 Å². The van der Waals surface area contributed by atoms with Gasteiger partial charge in [-0.3, -0.25) is 4.79 Å². The highest BCUT2D eigenvalue weighted by atomic mass is 35.5. The molecule has 0 unspecified atom stereocenters. The summed E-state index contributed by atoms with van der Waals surface area (Å²) in [7, 11) is -3.61. The van der Waals surface area contributed by atoms with Gasteiger partial charge in [0.15, 0.2) is 11.5 Å². The number of halogens is 2. The lowest BCUT2D eigenvalue weighted by atomic mass is 9.96. The van der Waals surface area contributed by atoms with Crippen molar-refractivity contribution >= 4 is 39.1 Å². The van der Waals surface area contributed by atoms with Crippen LogP contribution < -0.4 is 14.8 Å². The molecule has 3 rings (SSSR count). The SMILES string of the molecule is CCOc1ccc([C@H](C)NC(=O)C2CCN(S(=O)(=O)Cc3c(Cl)cccc3Cl)CC2)cc1OCC. The molecule has 0 saturated carbocycles. The maximum atomic E-state index is 12.9. The Hall–Kier alpha value is -2.00. The van der Waals surface area contributed by atoms with E-state index in [1.54, 1.807) is 18.2 Å². The van der Waals surface area contributed by atoms with Crippen LogP contribution in [0.25, 0.3) is 0 Å². The number of nitrogens with zero attached hydrogens (tertiary/aromatic N) is 1. The second kappa shape index (κ2) is 12.3. The van der Waals surface area contributed by atoms with E-state index in [0.29, 0.717) is 53.2 Å². The van der Waals surface area contributed by atoms with E-state index in [9.17, 15) is 13.2 Å². The molecule has 1 aliphatic rings. The van der Waals surface area contributed by atoms with E-state index in [1.807, 2.05) is 39.0 Å². The minimum atomic E-state index is -3.61. The lowest BCUT2D eigenvalue weighted by Gasteiger charge is -2.31. The lowest BCUT2D eigenvalue weighted by molar-refractivity contribution is -0.126. The van der Waals surface area contributed by atoms with Crippen LogP contribution in [-0.4, -0.2) is 44.9 Å². The number of carbonyl (C=O) groups is 1. The number of rotatable bonds is 10. The first kappa shape index (κ1) is 27.6. The van der Waals surface area contributed by atoms with Crippen LogP contribution in [0.2, 0.25) is 10.0 Å². The molecule has 1 fully saturated rings. The van der Waals surface area contributed by atoms with E-state index in [0.717, 1.165) is 5.56 Å². The molecule has 192 valence electrons. The zero-order chi connectivity index (χ0) is 25.6. The summed E-state index contributed by atoms with van der Waals surface area (Å²) < 4.78 is 38.6. The molecule has 2 aromatic rings. The molecular weight excluding hydrogens is 511 g/mol. The van der Waals surface area contributed by atoms with Gasteiger partial charge in [0.25, 0.3) is 0 Å². The lowest BCUT2D eigenvalue weighted by Crippen LogP contribution is -2.43. The fourth-order valence-electron chi connectivity index (χ4n) is 4.09. The summed E-state index contributed by atoms with van der Waals surface area (Å²) >= 11 is 12.3. The number of benzene rings is 2. The summed E-state index contributed by atoms with van der Waals surface area (Å²) in [5, 5.41) is 3.71. The molecule has 0 aliphatic carbocycles. The highest BCUT2D eigenvalue weighted by Crippen LogP contribution is 2.32. The first-order valence-corrected chi connectivity index (χ1v) is 14.1. The Morgan fingerprint density at radius 3 is 2.26 bits per heavy atom. The van der Waals surface area contributed by atoms with Crippen molar-refractivity contribution < 1.29 is 22.7 Å². The Kier molecular flexibility index (Phi) is 9.69. The number of carbonyl (C=O) groups excluding carboxylic acids is 1. The van der Waals surface area contributed by atoms with Crippen LogP contribution in [0.4, 0.5) is 0 Å². The first-order valence-electron chi connectivity index (χ1n) is 11.8. The van der Waals surface area contributed by atoms with E-state index >= 15 is 0 Å². The molecule has 0 bridgehead atoms. The van der Waals surface area contributed by atoms with Crippen molar-refractivity contribution in [3.63, 3.8) is 0 Å². The molecule has 1 atom stereocenters. The number of ether oxygens (including phenoxy) is 2. The van der Waals surface area contributed by atoms with E-state index < -0.39 is 10.0 Å². The van der Waals surface area contributed by atoms with Crippen molar-refractivity contribution in [2.75, 3.05) is 26.3 Å². The maximum Gasteiger partial charge on any atom is 0.223 e. The largest absolute Gasteiger partial charge is 0.490 e.